The van der Waals surface area contributed by atoms with Crippen LogP contribution in [0.3, 0.4) is 0 Å². The first-order chi connectivity index (χ1) is 7.74. The van der Waals surface area contributed by atoms with Crippen molar-refractivity contribution in [2.45, 2.75) is 39.2 Å². The molecule has 0 aliphatic carbocycles. The Morgan fingerprint density at radius 1 is 1.38 bits per heavy atom. The molecule has 0 aromatic heterocycles. The van der Waals surface area contributed by atoms with E-state index >= 15 is 0 Å². The average molecular weight is 219 g/mol. The van der Waals surface area contributed by atoms with E-state index < -0.39 is 0 Å². The van der Waals surface area contributed by atoms with Gasteiger partial charge in [0.25, 0.3) is 0 Å². The van der Waals surface area contributed by atoms with Crippen molar-refractivity contribution >= 4 is 0 Å². The van der Waals surface area contributed by atoms with Gasteiger partial charge < -0.3 is 10.1 Å². The molecule has 1 aliphatic rings. The fraction of sp³-hybridized carbons (Fsp3) is 0.571. The zero-order valence-electron chi connectivity index (χ0n) is 10.4. The Labute approximate surface area is 98.0 Å². The van der Waals surface area contributed by atoms with Gasteiger partial charge in [-0.15, -0.1) is 0 Å². The highest BCUT2D eigenvalue weighted by molar-refractivity contribution is 5.46. The van der Waals surface area contributed by atoms with E-state index in [-0.39, 0.29) is 0 Å². The molecule has 0 radical (unpaired) electrons. The molecule has 88 valence electrons. The molecule has 1 N–H and O–H groups in total. The van der Waals surface area contributed by atoms with E-state index in [2.05, 4.69) is 44.3 Å². The molecule has 0 saturated carbocycles. The van der Waals surface area contributed by atoms with E-state index in [0.29, 0.717) is 12.0 Å². The highest BCUT2D eigenvalue weighted by Gasteiger charge is 2.22. The van der Waals surface area contributed by atoms with Crippen LogP contribution in [0.4, 0.5) is 0 Å². The van der Waals surface area contributed by atoms with Gasteiger partial charge in [0.05, 0.1) is 6.61 Å². The number of ether oxygens (including phenoxy) is 1. The summed E-state index contributed by atoms with van der Waals surface area (Å²) >= 11 is 0. The smallest absolute Gasteiger partial charge is 0.126 e. The molecule has 0 bridgehead atoms. The van der Waals surface area contributed by atoms with Crippen molar-refractivity contribution in [1.82, 2.24) is 5.32 Å². The third-order valence-corrected chi connectivity index (χ3v) is 3.51. The number of nitrogens with one attached hydrogen (secondary N) is 1. The molecule has 0 saturated heterocycles. The molecule has 1 aromatic carbocycles. The minimum Gasteiger partial charge on any atom is -0.493 e. The van der Waals surface area contributed by atoms with Gasteiger partial charge in [0.1, 0.15) is 5.75 Å². The zero-order valence-corrected chi connectivity index (χ0v) is 10.4. The van der Waals surface area contributed by atoms with Crippen LogP contribution in [0.5, 0.6) is 5.75 Å². The van der Waals surface area contributed by atoms with Crippen molar-refractivity contribution in [3.63, 3.8) is 0 Å². The number of fused-ring (bicyclic) bond motifs is 1. The van der Waals surface area contributed by atoms with E-state index in [0.717, 1.165) is 25.3 Å². The maximum absolute atomic E-state index is 5.75. The number of hydrogen-bond acceptors (Lipinski definition) is 2. The van der Waals surface area contributed by atoms with Crippen LogP contribution < -0.4 is 10.1 Å². The van der Waals surface area contributed by atoms with Gasteiger partial charge in [0, 0.05) is 12.5 Å². The number of likely N-dealkylation sites (N-methyl/N-ethyl adjacent to an activating group) is 1. The van der Waals surface area contributed by atoms with Crippen molar-refractivity contribution in [2.24, 2.45) is 0 Å². The molecule has 16 heavy (non-hydrogen) atoms. The molecule has 2 heteroatoms. The van der Waals surface area contributed by atoms with E-state index in [1.807, 2.05) is 0 Å². The lowest BCUT2D eigenvalue weighted by atomic mass is 9.92. The van der Waals surface area contributed by atoms with Crippen molar-refractivity contribution in [3.05, 3.63) is 29.3 Å². The second-order valence-corrected chi connectivity index (χ2v) is 4.57. The van der Waals surface area contributed by atoms with Gasteiger partial charge in [-0.05, 0) is 30.5 Å². The summed E-state index contributed by atoms with van der Waals surface area (Å²) in [7, 11) is 0. The molecular weight excluding hydrogens is 198 g/mol. The van der Waals surface area contributed by atoms with Gasteiger partial charge in [-0.2, -0.15) is 0 Å². The third kappa shape index (κ3) is 2.07. The third-order valence-electron chi connectivity index (χ3n) is 3.51. The normalized spacial score (nSPS) is 17.7. The molecule has 0 amide bonds. The Morgan fingerprint density at radius 2 is 2.19 bits per heavy atom. The van der Waals surface area contributed by atoms with Gasteiger partial charge in [-0.3, -0.25) is 0 Å². The van der Waals surface area contributed by atoms with Crippen molar-refractivity contribution in [1.29, 1.82) is 0 Å². The lowest BCUT2D eigenvalue weighted by Gasteiger charge is -2.22. The van der Waals surface area contributed by atoms with Gasteiger partial charge in [0.15, 0.2) is 0 Å². The Hall–Kier alpha value is -1.02. The maximum atomic E-state index is 5.75. The van der Waals surface area contributed by atoms with E-state index in [9.17, 15) is 0 Å². The number of benzene rings is 1. The highest BCUT2D eigenvalue weighted by Crippen LogP contribution is 2.35. The summed E-state index contributed by atoms with van der Waals surface area (Å²) < 4.78 is 5.75. The molecule has 0 spiro atoms. The van der Waals surface area contributed by atoms with E-state index in [4.69, 9.17) is 4.74 Å². The first-order valence-corrected chi connectivity index (χ1v) is 6.22. The van der Waals surface area contributed by atoms with E-state index in [1.54, 1.807) is 0 Å². The zero-order chi connectivity index (χ0) is 11.5. The molecule has 2 rings (SSSR count). The van der Waals surface area contributed by atoms with Crippen LogP contribution in [-0.4, -0.2) is 19.2 Å². The second-order valence-electron chi connectivity index (χ2n) is 4.57. The molecule has 1 aliphatic heterocycles. The molecule has 2 atom stereocenters. The highest BCUT2D eigenvalue weighted by atomic mass is 16.5. The molecule has 1 aromatic rings. The summed E-state index contributed by atoms with van der Waals surface area (Å²) in [6.07, 6.45) is 1.06. The lowest BCUT2D eigenvalue weighted by Crippen LogP contribution is -2.30. The molecule has 1 heterocycles. The van der Waals surface area contributed by atoms with Crippen LogP contribution in [-0.2, 0) is 6.42 Å². The number of rotatable bonds is 4. The van der Waals surface area contributed by atoms with Crippen LogP contribution >= 0.6 is 0 Å². The predicted molar refractivity (Wildman–Crippen MR) is 67.2 cm³/mol. The number of para-hydroxylation sites is 1. The summed E-state index contributed by atoms with van der Waals surface area (Å²) in [6.45, 7) is 8.51. The van der Waals surface area contributed by atoms with Gasteiger partial charge >= 0.3 is 0 Å². The molecule has 0 fully saturated rings. The first-order valence-electron chi connectivity index (χ1n) is 6.22. The number of hydrogen-bond donors (Lipinski definition) is 1. The summed E-state index contributed by atoms with van der Waals surface area (Å²) in [5.41, 5.74) is 2.72. The fourth-order valence-electron chi connectivity index (χ4n) is 2.37. The largest absolute Gasteiger partial charge is 0.493 e. The first kappa shape index (κ1) is 11.5. The van der Waals surface area contributed by atoms with Gasteiger partial charge in [-0.1, -0.05) is 32.0 Å². The molecule has 2 unspecified atom stereocenters. The van der Waals surface area contributed by atoms with Crippen LogP contribution in [0.25, 0.3) is 0 Å². The van der Waals surface area contributed by atoms with Crippen LogP contribution in [0.2, 0.25) is 0 Å². The van der Waals surface area contributed by atoms with Crippen LogP contribution in [0.1, 0.15) is 37.8 Å². The van der Waals surface area contributed by atoms with Crippen molar-refractivity contribution < 1.29 is 4.74 Å². The summed E-state index contributed by atoms with van der Waals surface area (Å²) in [5.74, 6) is 1.63. The van der Waals surface area contributed by atoms with Crippen molar-refractivity contribution in [3.8, 4) is 5.75 Å². The topological polar surface area (TPSA) is 21.3 Å². The van der Waals surface area contributed by atoms with Gasteiger partial charge in [0.2, 0.25) is 0 Å². The second kappa shape index (κ2) is 4.88. The maximum Gasteiger partial charge on any atom is 0.126 e. The molecular formula is C14H21NO. The summed E-state index contributed by atoms with van der Waals surface area (Å²) in [6, 6.07) is 7.01. The Kier molecular flexibility index (Phi) is 3.49. The summed E-state index contributed by atoms with van der Waals surface area (Å²) in [5, 5.41) is 3.48. The lowest BCUT2D eigenvalue weighted by molar-refractivity contribution is 0.348. The van der Waals surface area contributed by atoms with Crippen molar-refractivity contribution in [2.75, 3.05) is 13.2 Å². The quantitative estimate of drug-likeness (QED) is 0.840. The monoisotopic (exact) mass is 219 g/mol. The Morgan fingerprint density at radius 3 is 2.94 bits per heavy atom. The summed E-state index contributed by atoms with van der Waals surface area (Å²) in [4.78, 5) is 0. The minimum absolute atomic E-state index is 0.487. The Bertz CT molecular complexity index is 362. The van der Waals surface area contributed by atoms with E-state index in [1.165, 1.54) is 11.1 Å². The standard InChI is InChI=1S/C14H21NO/c1-4-15-11(3)10(2)13-7-5-6-12-8-9-16-14(12)13/h5-7,10-11,15H,4,8-9H2,1-3H3. The van der Waals surface area contributed by atoms with Crippen LogP contribution in [0, 0.1) is 0 Å². The predicted octanol–water partition coefficient (Wildman–Crippen LogP) is 2.72. The molecule has 2 nitrogen and oxygen atoms in total. The average Bonchev–Trinajstić information content (AvgIpc) is 2.76. The van der Waals surface area contributed by atoms with Gasteiger partial charge in [-0.25, -0.2) is 0 Å². The SMILES string of the molecule is CCNC(C)C(C)c1cccc2c1OCC2. The Balaban J connectivity index is 2.23. The van der Waals surface area contributed by atoms with Crippen LogP contribution in [0.15, 0.2) is 18.2 Å². The minimum atomic E-state index is 0.487. The fourth-order valence-corrected chi connectivity index (χ4v) is 2.37.